The minimum atomic E-state index is -1.40. The SMILES string of the molecule is COc1cc(Nc2nccc(C(=O)O)c2F)ccc1F. The molecular weight excluding hydrogens is 270 g/mol. The number of hydrogen-bond acceptors (Lipinski definition) is 4. The van der Waals surface area contributed by atoms with E-state index >= 15 is 0 Å². The quantitative estimate of drug-likeness (QED) is 0.901. The Morgan fingerprint density at radius 3 is 2.75 bits per heavy atom. The first-order chi connectivity index (χ1) is 9.52. The molecule has 1 aromatic heterocycles. The van der Waals surface area contributed by atoms with E-state index in [-0.39, 0.29) is 11.6 Å². The molecule has 0 aliphatic carbocycles. The maximum atomic E-state index is 13.9. The van der Waals surface area contributed by atoms with E-state index in [4.69, 9.17) is 9.84 Å². The number of halogens is 2. The largest absolute Gasteiger partial charge is 0.494 e. The summed E-state index contributed by atoms with van der Waals surface area (Å²) in [4.78, 5) is 14.5. The van der Waals surface area contributed by atoms with Crippen LogP contribution < -0.4 is 10.1 Å². The second-order valence-corrected chi connectivity index (χ2v) is 3.80. The van der Waals surface area contributed by atoms with Crippen molar-refractivity contribution >= 4 is 17.5 Å². The molecule has 0 aliphatic rings. The normalized spacial score (nSPS) is 10.2. The molecule has 7 heteroatoms. The summed E-state index contributed by atoms with van der Waals surface area (Å²) in [6.07, 6.45) is 1.16. The zero-order valence-corrected chi connectivity index (χ0v) is 10.4. The lowest BCUT2D eigenvalue weighted by atomic mass is 10.2. The van der Waals surface area contributed by atoms with Crippen LogP contribution in [0.3, 0.4) is 0 Å². The molecule has 0 saturated carbocycles. The van der Waals surface area contributed by atoms with Crippen molar-refractivity contribution in [2.24, 2.45) is 0 Å². The highest BCUT2D eigenvalue weighted by Gasteiger charge is 2.15. The van der Waals surface area contributed by atoms with Gasteiger partial charge in [0, 0.05) is 18.0 Å². The highest BCUT2D eigenvalue weighted by molar-refractivity contribution is 5.89. The van der Waals surface area contributed by atoms with Crippen LogP contribution >= 0.6 is 0 Å². The van der Waals surface area contributed by atoms with Crippen LogP contribution in [0.15, 0.2) is 30.5 Å². The van der Waals surface area contributed by atoms with Crippen LogP contribution in [-0.2, 0) is 0 Å². The Bertz CT molecular complexity index is 662. The fourth-order valence-electron chi connectivity index (χ4n) is 1.57. The molecule has 2 aromatic rings. The predicted octanol–water partition coefficient (Wildman–Crippen LogP) is 2.81. The van der Waals surface area contributed by atoms with Gasteiger partial charge in [-0.25, -0.2) is 18.6 Å². The molecule has 0 bridgehead atoms. The third kappa shape index (κ3) is 2.66. The molecule has 0 spiro atoms. The van der Waals surface area contributed by atoms with Gasteiger partial charge >= 0.3 is 5.97 Å². The van der Waals surface area contributed by atoms with Crippen LogP contribution in [0, 0.1) is 11.6 Å². The number of methoxy groups -OCH3 is 1. The molecule has 0 radical (unpaired) electrons. The summed E-state index contributed by atoms with van der Waals surface area (Å²) >= 11 is 0. The van der Waals surface area contributed by atoms with Crippen LogP contribution in [0.2, 0.25) is 0 Å². The standard InChI is InChI=1S/C13H10F2N2O3/c1-20-10-6-7(2-3-9(10)14)17-12-11(15)8(13(18)19)4-5-16-12/h2-6H,1H3,(H,16,17)(H,18,19). The summed E-state index contributed by atoms with van der Waals surface area (Å²) in [7, 11) is 1.30. The molecule has 0 unspecified atom stereocenters. The number of nitrogens with zero attached hydrogens (tertiary/aromatic N) is 1. The Balaban J connectivity index is 2.35. The zero-order valence-electron chi connectivity index (χ0n) is 10.4. The van der Waals surface area contributed by atoms with Crippen molar-refractivity contribution in [3.63, 3.8) is 0 Å². The van der Waals surface area contributed by atoms with Crippen molar-refractivity contribution in [2.45, 2.75) is 0 Å². The highest BCUT2D eigenvalue weighted by atomic mass is 19.1. The number of aromatic nitrogens is 1. The van der Waals surface area contributed by atoms with E-state index in [2.05, 4.69) is 10.3 Å². The summed E-state index contributed by atoms with van der Waals surface area (Å²) in [6.45, 7) is 0. The molecular formula is C13H10F2N2O3. The second-order valence-electron chi connectivity index (χ2n) is 3.80. The molecule has 0 atom stereocenters. The van der Waals surface area contributed by atoms with Crippen molar-refractivity contribution in [1.29, 1.82) is 0 Å². The molecule has 2 rings (SSSR count). The molecule has 0 saturated heterocycles. The van der Waals surface area contributed by atoms with Gasteiger partial charge in [0.2, 0.25) is 0 Å². The molecule has 1 aromatic carbocycles. The lowest BCUT2D eigenvalue weighted by Gasteiger charge is -2.09. The van der Waals surface area contributed by atoms with Crippen LogP contribution in [0.1, 0.15) is 10.4 Å². The summed E-state index contributed by atoms with van der Waals surface area (Å²) < 4.78 is 31.9. The summed E-state index contributed by atoms with van der Waals surface area (Å²) in [5.74, 6) is -3.25. The van der Waals surface area contributed by atoms with E-state index in [1.807, 2.05) is 0 Å². The van der Waals surface area contributed by atoms with Crippen molar-refractivity contribution in [2.75, 3.05) is 12.4 Å². The Morgan fingerprint density at radius 2 is 2.10 bits per heavy atom. The Hall–Kier alpha value is -2.70. The van der Waals surface area contributed by atoms with Gasteiger partial charge in [0.15, 0.2) is 23.2 Å². The van der Waals surface area contributed by atoms with Crippen LogP contribution in [0.5, 0.6) is 5.75 Å². The second kappa shape index (κ2) is 5.52. The molecule has 1 heterocycles. The predicted molar refractivity (Wildman–Crippen MR) is 67.4 cm³/mol. The fourth-order valence-corrected chi connectivity index (χ4v) is 1.57. The van der Waals surface area contributed by atoms with E-state index in [0.29, 0.717) is 5.69 Å². The van der Waals surface area contributed by atoms with Crippen LogP contribution in [0.25, 0.3) is 0 Å². The van der Waals surface area contributed by atoms with Crippen LogP contribution in [0.4, 0.5) is 20.3 Å². The average Bonchev–Trinajstić information content (AvgIpc) is 2.42. The Kier molecular flexibility index (Phi) is 3.79. The zero-order chi connectivity index (χ0) is 14.7. The van der Waals surface area contributed by atoms with Gasteiger partial charge in [-0.15, -0.1) is 0 Å². The van der Waals surface area contributed by atoms with Gasteiger partial charge in [-0.3, -0.25) is 0 Å². The molecule has 5 nitrogen and oxygen atoms in total. The van der Waals surface area contributed by atoms with Gasteiger partial charge in [-0.2, -0.15) is 0 Å². The smallest absolute Gasteiger partial charge is 0.338 e. The molecule has 20 heavy (non-hydrogen) atoms. The Labute approximate surface area is 112 Å². The maximum absolute atomic E-state index is 13.9. The van der Waals surface area contributed by atoms with E-state index in [9.17, 15) is 13.6 Å². The lowest BCUT2D eigenvalue weighted by molar-refractivity contribution is 0.0692. The third-order valence-corrected chi connectivity index (χ3v) is 2.53. The Morgan fingerprint density at radius 1 is 1.35 bits per heavy atom. The van der Waals surface area contributed by atoms with E-state index in [1.165, 1.54) is 19.2 Å². The third-order valence-electron chi connectivity index (χ3n) is 2.53. The number of carboxylic acid groups (broad SMARTS) is 1. The number of ether oxygens (including phenoxy) is 1. The number of rotatable bonds is 4. The summed E-state index contributed by atoms with van der Waals surface area (Å²) in [5, 5.41) is 11.4. The first kappa shape index (κ1) is 13.7. The molecule has 2 N–H and O–H groups in total. The summed E-state index contributed by atoms with van der Waals surface area (Å²) in [5.41, 5.74) is -0.186. The van der Waals surface area contributed by atoms with Crippen LogP contribution in [-0.4, -0.2) is 23.2 Å². The van der Waals surface area contributed by atoms with Gasteiger partial charge in [-0.1, -0.05) is 0 Å². The number of pyridine rings is 1. The van der Waals surface area contributed by atoms with Gasteiger partial charge in [0.25, 0.3) is 0 Å². The number of carboxylic acids is 1. The summed E-state index contributed by atoms with van der Waals surface area (Å²) in [6, 6.07) is 4.85. The topological polar surface area (TPSA) is 71.5 Å². The molecule has 104 valence electrons. The lowest BCUT2D eigenvalue weighted by Crippen LogP contribution is -2.05. The average molecular weight is 280 g/mol. The van der Waals surface area contributed by atoms with Gasteiger partial charge in [0.05, 0.1) is 7.11 Å². The maximum Gasteiger partial charge on any atom is 0.338 e. The van der Waals surface area contributed by atoms with E-state index in [1.54, 1.807) is 0 Å². The minimum absolute atomic E-state index is 0.0233. The number of anilines is 2. The van der Waals surface area contributed by atoms with Gasteiger partial charge in [0.1, 0.15) is 5.56 Å². The number of hydrogen-bond donors (Lipinski definition) is 2. The first-order valence-corrected chi connectivity index (χ1v) is 5.51. The fraction of sp³-hybridized carbons (Fsp3) is 0.0769. The van der Waals surface area contributed by atoms with Crippen molar-refractivity contribution in [3.05, 3.63) is 47.7 Å². The number of nitrogens with one attached hydrogen (secondary N) is 1. The molecule has 0 fully saturated rings. The van der Waals surface area contributed by atoms with Crippen molar-refractivity contribution < 1.29 is 23.4 Å². The number of carbonyl (C=O) groups is 1. The minimum Gasteiger partial charge on any atom is -0.494 e. The van der Waals surface area contributed by atoms with Gasteiger partial charge in [-0.05, 0) is 18.2 Å². The number of aromatic carboxylic acids is 1. The van der Waals surface area contributed by atoms with Crippen molar-refractivity contribution in [3.8, 4) is 5.75 Å². The molecule has 0 aliphatic heterocycles. The molecule has 0 amide bonds. The van der Waals surface area contributed by atoms with E-state index < -0.39 is 23.2 Å². The number of benzene rings is 1. The van der Waals surface area contributed by atoms with Crippen molar-refractivity contribution in [1.82, 2.24) is 4.98 Å². The first-order valence-electron chi connectivity index (χ1n) is 5.51. The van der Waals surface area contributed by atoms with E-state index in [0.717, 1.165) is 18.3 Å². The monoisotopic (exact) mass is 280 g/mol. The highest BCUT2D eigenvalue weighted by Crippen LogP contribution is 2.25. The van der Waals surface area contributed by atoms with Gasteiger partial charge < -0.3 is 15.2 Å².